The van der Waals surface area contributed by atoms with Crippen LogP contribution in [0.1, 0.15) is 11.1 Å². The van der Waals surface area contributed by atoms with E-state index in [1.54, 1.807) is 12.1 Å². The second-order valence-electron chi connectivity index (χ2n) is 4.69. The van der Waals surface area contributed by atoms with E-state index in [1.165, 1.54) is 6.07 Å². The average Bonchev–Trinajstić information content (AvgIpc) is 2.41. The molecule has 1 N–H and O–H groups in total. The molecule has 0 amide bonds. The van der Waals surface area contributed by atoms with E-state index in [0.717, 1.165) is 0 Å². The minimum absolute atomic E-state index is 0.134. The highest BCUT2D eigenvalue weighted by Crippen LogP contribution is 2.14. The molecule has 1 heterocycles. The van der Waals surface area contributed by atoms with Crippen LogP contribution >= 0.6 is 0 Å². The van der Waals surface area contributed by atoms with Crippen molar-refractivity contribution in [1.82, 2.24) is 4.90 Å². The standard InChI is InChI=1S/C14H16FNO3S/c15-14-10-12(2-1-7-17)3-4-13(14)11-16-5-8-20(18,19)9-6-16/h3-4,10,17H,5-9,11H2. The maximum absolute atomic E-state index is 13.9. The summed E-state index contributed by atoms with van der Waals surface area (Å²) in [5.74, 6) is 5.02. The van der Waals surface area contributed by atoms with Crippen molar-refractivity contribution < 1.29 is 17.9 Å². The Balaban J connectivity index is 2.03. The molecule has 0 radical (unpaired) electrons. The van der Waals surface area contributed by atoms with Crippen molar-refractivity contribution in [2.45, 2.75) is 6.54 Å². The monoisotopic (exact) mass is 297 g/mol. The van der Waals surface area contributed by atoms with E-state index < -0.39 is 9.84 Å². The quantitative estimate of drug-likeness (QED) is 0.803. The zero-order valence-corrected chi connectivity index (χ0v) is 11.8. The molecule has 0 unspecified atom stereocenters. The number of nitrogens with zero attached hydrogens (tertiary/aromatic N) is 1. The van der Waals surface area contributed by atoms with Gasteiger partial charge in [0.05, 0.1) is 11.5 Å². The predicted octanol–water partition coefficient (Wildman–Crippen LogP) is 0.400. The molecule has 1 aliphatic heterocycles. The van der Waals surface area contributed by atoms with Gasteiger partial charge in [0.2, 0.25) is 0 Å². The smallest absolute Gasteiger partial charge is 0.152 e. The van der Waals surface area contributed by atoms with E-state index in [9.17, 15) is 12.8 Å². The zero-order valence-electron chi connectivity index (χ0n) is 11.0. The van der Waals surface area contributed by atoms with E-state index >= 15 is 0 Å². The SMILES string of the molecule is O=S1(=O)CCN(Cc2ccc(C#CCO)cc2F)CC1. The Hall–Kier alpha value is -1.42. The summed E-state index contributed by atoms with van der Waals surface area (Å²) in [5, 5.41) is 8.59. The van der Waals surface area contributed by atoms with Gasteiger partial charge in [-0.3, -0.25) is 4.90 Å². The van der Waals surface area contributed by atoms with Crippen LogP contribution in [0.15, 0.2) is 18.2 Å². The molecule has 0 atom stereocenters. The summed E-state index contributed by atoms with van der Waals surface area (Å²) in [5.41, 5.74) is 1.04. The highest BCUT2D eigenvalue weighted by molar-refractivity contribution is 7.91. The molecule has 2 rings (SSSR count). The summed E-state index contributed by atoms with van der Waals surface area (Å²) < 4.78 is 36.6. The van der Waals surface area contributed by atoms with Crippen molar-refractivity contribution in [2.24, 2.45) is 0 Å². The first kappa shape index (κ1) is 15.0. The first-order valence-electron chi connectivity index (χ1n) is 6.31. The number of hydrogen-bond donors (Lipinski definition) is 1. The molecular weight excluding hydrogens is 281 g/mol. The largest absolute Gasteiger partial charge is 0.384 e. The third-order valence-electron chi connectivity index (χ3n) is 3.20. The second kappa shape index (κ2) is 6.35. The van der Waals surface area contributed by atoms with Crippen LogP contribution in [-0.4, -0.2) is 49.6 Å². The maximum atomic E-state index is 13.9. The van der Waals surface area contributed by atoms with Gasteiger partial charge in [-0.05, 0) is 12.1 Å². The summed E-state index contributed by atoms with van der Waals surface area (Å²) >= 11 is 0. The zero-order chi connectivity index (χ0) is 14.6. The van der Waals surface area contributed by atoms with Crippen molar-refractivity contribution in [3.8, 4) is 11.8 Å². The van der Waals surface area contributed by atoms with E-state index in [0.29, 0.717) is 30.8 Å². The fraction of sp³-hybridized carbons (Fsp3) is 0.429. The number of halogens is 1. The Morgan fingerprint density at radius 1 is 1.30 bits per heavy atom. The van der Waals surface area contributed by atoms with Crippen molar-refractivity contribution in [3.63, 3.8) is 0 Å². The molecule has 0 aromatic heterocycles. The highest BCUT2D eigenvalue weighted by Gasteiger charge is 2.22. The molecule has 1 fully saturated rings. The lowest BCUT2D eigenvalue weighted by Crippen LogP contribution is -2.39. The van der Waals surface area contributed by atoms with Gasteiger partial charge in [-0.1, -0.05) is 17.9 Å². The molecule has 6 heteroatoms. The number of hydrogen-bond acceptors (Lipinski definition) is 4. The molecule has 1 aromatic rings. The Labute approximate surface area is 118 Å². The van der Waals surface area contributed by atoms with E-state index in [-0.39, 0.29) is 23.9 Å². The summed E-state index contributed by atoms with van der Waals surface area (Å²) in [4.78, 5) is 1.93. The van der Waals surface area contributed by atoms with E-state index in [4.69, 9.17) is 5.11 Å². The lowest BCUT2D eigenvalue weighted by molar-refractivity contribution is 0.283. The Morgan fingerprint density at radius 2 is 2.00 bits per heavy atom. The third-order valence-corrected chi connectivity index (χ3v) is 4.81. The van der Waals surface area contributed by atoms with Gasteiger partial charge < -0.3 is 5.11 Å². The minimum Gasteiger partial charge on any atom is -0.384 e. The lowest BCUT2D eigenvalue weighted by atomic mass is 10.1. The molecule has 20 heavy (non-hydrogen) atoms. The molecule has 1 aromatic carbocycles. The van der Waals surface area contributed by atoms with Gasteiger partial charge in [-0.25, -0.2) is 12.8 Å². The number of sulfone groups is 1. The maximum Gasteiger partial charge on any atom is 0.152 e. The molecular formula is C14H16FNO3S. The summed E-state index contributed by atoms with van der Waals surface area (Å²) in [7, 11) is -2.91. The molecule has 0 spiro atoms. The third kappa shape index (κ3) is 4.04. The number of benzene rings is 1. The number of rotatable bonds is 2. The number of aliphatic hydroxyl groups excluding tert-OH is 1. The van der Waals surface area contributed by atoms with Crippen LogP contribution in [0, 0.1) is 17.7 Å². The van der Waals surface area contributed by atoms with Gasteiger partial charge in [0, 0.05) is 30.8 Å². The number of aliphatic hydroxyl groups is 1. The summed E-state index contributed by atoms with van der Waals surface area (Å²) in [6.07, 6.45) is 0. The molecule has 108 valence electrons. The van der Waals surface area contributed by atoms with Gasteiger partial charge in [-0.15, -0.1) is 0 Å². The van der Waals surface area contributed by atoms with Crippen molar-refractivity contribution in [3.05, 3.63) is 35.1 Å². The topological polar surface area (TPSA) is 57.6 Å². The molecule has 4 nitrogen and oxygen atoms in total. The van der Waals surface area contributed by atoms with Crippen molar-refractivity contribution in [1.29, 1.82) is 0 Å². The Bertz CT molecular complexity index is 632. The fourth-order valence-electron chi connectivity index (χ4n) is 2.04. The Morgan fingerprint density at radius 3 is 2.60 bits per heavy atom. The molecule has 1 saturated heterocycles. The van der Waals surface area contributed by atoms with E-state index in [1.807, 2.05) is 4.90 Å². The normalized spacial score (nSPS) is 18.3. The summed E-state index contributed by atoms with van der Waals surface area (Å²) in [6, 6.07) is 4.68. The van der Waals surface area contributed by atoms with Gasteiger partial charge in [0.1, 0.15) is 12.4 Å². The molecule has 0 bridgehead atoms. The van der Waals surface area contributed by atoms with Gasteiger partial charge in [0.25, 0.3) is 0 Å². The highest BCUT2D eigenvalue weighted by atomic mass is 32.2. The fourth-order valence-corrected chi connectivity index (χ4v) is 3.32. The van der Waals surface area contributed by atoms with Crippen LogP contribution in [0.5, 0.6) is 0 Å². The van der Waals surface area contributed by atoms with Crippen LogP contribution in [-0.2, 0) is 16.4 Å². The summed E-state index contributed by atoms with van der Waals surface area (Å²) in [6.45, 7) is 1.02. The lowest BCUT2D eigenvalue weighted by Gasteiger charge is -2.26. The molecule has 1 aliphatic rings. The van der Waals surface area contributed by atoms with Crippen LogP contribution in [0.2, 0.25) is 0 Å². The van der Waals surface area contributed by atoms with Crippen LogP contribution in [0.25, 0.3) is 0 Å². The first-order chi connectivity index (χ1) is 9.50. The van der Waals surface area contributed by atoms with Crippen LogP contribution in [0.4, 0.5) is 4.39 Å². The Kier molecular flexibility index (Phi) is 4.76. The van der Waals surface area contributed by atoms with Crippen LogP contribution in [0.3, 0.4) is 0 Å². The van der Waals surface area contributed by atoms with Crippen molar-refractivity contribution >= 4 is 9.84 Å². The van der Waals surface area contributed by atoms with Gasteiger partial charge >= 0.3 is 0 Å². The van der Waals surface area contributed by atoms with Crippen molar-refractivity contribution in [2.75, 3.05) is 31.2 Å². The predicted molar refractivity (Wildman–Crippen MR) is 74.3 cm³/mol. The van der Waals surface area contributed by atoms with E-state index in [2.05, 4.69) is 11.8 Å². The first-order valence-corrected chi connectivity index (χ1v) is 8.13. The molecule has 0 aliphatic carbocycles. The van der Waals surface area contributed by atoms with Crippen LogP contribution < -0.4 is 0 Å². The minimum atomic E-state index is -2.91. The van der Waals surface area contributed by atoms with Gasteiger partial charge in [0.15, 0.2) is 9.84 Å². The van der Waals surface area contributed by atoms with Gasteiger partial charge in [-0.2, -0.15) is 0 Å². The second-order valence-corrected chi connectivity index (χ2v) is 7.00. The molecule has 0 saturated carbocycles. The average molecular weight is 297 g/mol.